The second-order valence-corrected chi connectivity index (χ2v) is 7.73. The van der Waals surface area contributed by atoms with Crippen LogP contribution in [-0.2, 0) is 11.3 Å². The molecule has 0 amide bonds. The maximum absolute atomic E-state index is 13.1. The van der Waals surface area contributed by atoms with Crippen LogP contribution in [0.1, 0.15) is 72.0 Å². The molecule has 0 fully saturated rings. The molecule has 0 radical (unpaired) electrons. The van der Waals surface area contributed by atoms with Crippen molar-refractivity contribution in [3.05, 3.63) is 104 Å². The van der Waals surface area contributed by atoms with Crippen LogP contribution in [-0.4, -0.2) is 34.8 Å². The molecule has 0 N–H and O–H groups in total. The summed E-state index contributed by atoms with van der Waals surface area (Å²) in [7, 11) is 0. The number of nitrogens with zero attached hydrogens (tertiary/aromatic N) is 1. The minimum Gasteiger partial charge on any atom is -0.493 e. The van der Waals surface area contributed by atoms with Gasteiger partial charge in [0.05, 0.1) is 11.5 Å². The number of nitro groups is 1. The lowest BCUT2D eigenvalue weighted by atomic mass is 9.82. The van der Waals surface area contributed by atoms with Crippen LogP contribution >= 0.6 is 0 Å². The van der Waals surface area contributed by atoms with Crippen molar-refractivity contribution < 1.29 is 33.6 Å². The Hall–Kier alpha value is -4.66. The third-order valence-corrected chi connectivity index (χ3v) is 5.59. The molecule has 3 aromatic rings. The predicted molar refractivity (Wildman–Crippen MR) is 123 cm³/mol. The van der Waals surface area contributed by atoms with Gasteiger partial charge in [-0.1, -0.05) is 24.3 Å². The standard InChI is InChI=1S/C26H19NO8/c1-3-34-21-11-8-15(14(2)28)12-16(21)13-35-26(31)20-10-9-19-22(23(20)27(32)33)25(30)18-7-5-4-6-17(18)24(19)29/h4-12H,3,13H2,1-2H3. The van der Waals surface area contributed by atoms with Gasteiger partial charge in [0.15, 0.2) is 11.6 Å². The molecule has 0 spiro atoms. The van der Waals surface area contributed by atoms with E-state index in [1.54, 1.807) is 31.2 Å². The molecule has 1 aliphatic rings. The van der Waals surface area contributed by atoms with Crippen LogP contribution < -0.4 is 4.74 Å². The zero-order chi connectivity index (χ0) is 25.3. The van der Waals surface area contributed by atoms with E-state index in [-0.39, 0.29) is 29.1 Å². The highest BCUT2D eigenvalue weighted by molar-refractivity contribution is 6.30. The van der Waals surface area contributed by atoms with Crippen molar-refractivity contribution >= 4 is 29.0 Å². The van der Waals surface area contributed by atoms with E-state index < -0.39 is 39.3 Å². The molecule has 3 aromatic carbocycles. The Morgan fingerprint density at radius 1 is 0.943 bits per heavy atom. The molecule has 4 rings (SSSR count). The summed E-state index contributed by atoms with van der Waals surface area (Å²) in [5.74, 6) is -2.13. The predicted octanol–water partition coefficient (Wildman–Crippen LogP) is 4.33. The van der Waals surface area contributed by atoms with Gasteiger partial charge in [0.25, 0.3) is 5.69 Å². The van der Waals surface area contributed by atoms with Crippen LogP contribution in [0.15, 0.2) is 54.6 Å². The molecule has 1 aliphatic carbocycles. The van der Waals surface area contributed by atoms with Gasteiger partial charge >= 0.3 is 5.97 Å². The van der Waals surface area contributed by atoms with Gasteiger partial charge in [0, 0.05) is 27.8 Å². The zero-order valence-electron chi connectivity index (χ0n) is 18.8. The van der Waals surface area contributed by atoms with Crippen molar-refractivity contribution in [3.8, 4) is 5.75 Å². The molecule has 0 bridgehead atoms. The van der Waals surface area contributed by atoms with Crippen LogP contribution in [0.5, 0.6) is 5.75 Å². The van der Waals surface area contributed by atoms with E-state index in [0.717, 1.165) is 6.07 Å². The summed E-state index contributed by atoms with van der Waals surface area (Å²) in [6.07, 6.45) is 0. The van der Waals surface area contributed by atoms with Gasteiger partial charge in [0.1, 0.15) is 23.5 Å². The summed E-state index contributed by atoms with van der Waals surface area (Å²) >= 11 is 0. The Labute approximate surface area is 199 Å². The highest BCUT2D eigenvalue weighted by Crippen LogP contribution is 2.36. The highest BCUT2D eigenvalue weighted by Gasteiger charge is 2.39. The van der Waals surface area contributed by atoms with Crippen molar-refractivity contribution in [2.45, 2.75) is 20.5 Å². The number of ketones is 3. The largest absolute Gasteiger partial charge is 0.493 e. The summed E-state index contributed by atoms with van der Waals surface area (Å²) in [4.78, 5) is 61.7. The van der Waals surface area contributed by atoms with Gasteiger partial charge in [-0.05, 0) is 44.2 Å². The number of hydrogen-bond acceptors (Lipinski definition) is 8. The lowest BCUT2D eigenvalue weighted by Crippen LogP contribution is -2.23. The fourth-order valence-electron chi connectivity index (χ4n) is 3.95. The number of hydrogen-bond donors (Lipinski definition) is 0. The average molecular weight is 473 g/mol. The summed E-state index contributed by atoms with van der Waals surface area (Å²) in [5, 5.41) is 12.0. The second-order valence-electron chi connectivity index (χ2n) is 7.73. The zero-order valence-corrected chi connectivity index (χ0v) is 18.8. The maximum atomic E-state index is 13.1. The van der Waals surface area contributed by atoms with Gasteiger partial charge in [-0.15, -0.1) is 0 Å². The fraction of sp³-hybridized carbons (Fsp3) is 0.154. The molecule has 0 aromatic heterocycles. The van der Waals surface area contributed by atoms with Crippen molar-refractivity contribution in [1.29, 1.82) is 0 Å². The first-order valence-electron chi connectivity index (χ1n) is 10.7. The third kappa shape index (κ3) is 4.19. The van der Waals surface area contributed by atoms with Crippen LogP contribution in [0.3, 0.4) is 0 Å². The van der Waals surface area contributed by atoms with Crippen molar-refractivity contribution in [2.75, 3.05) is 6.61 Å². The summed E-state index contributed by atoms with van der Waals surface area (Å²) in [5.41, 5.74) is -0.899. The van der Waals surface area contributed by atoms with E-state index in [9.17, 15) is 29.3 Å². The number of carbonyl (C=O) groups excluding carboxylic acids is 4. The summed E-state index contributed by atoms with van der Waals surface area (Å²) in [6.45, 7) is 3.15. The minimum absolute atomic E-state index is 0.0287. The summed E-state index contributed by atoms with van der Waals surface area (Å²) < 4.78 is 10.8. The van der Waals surface area contributed by atoms with Crippen LogP contribution in [0.2, 0.25) is 0 Å². The van der Waals surface area contributed by atoms with E-state index in [1.165, 1.54) is 31.2 Å². The van der Waals surface area contributed by atoms with Gasteiger partial charge < -0.3 is 9.47 Å². The Morgan fingerprint density at radius 3 is 2.26 bits per heavy atom. The van der Waals surface area contributed by atoms with Gasteiger partial charge in [-0.3, -0.25) is 24.5 Å². The highest BCUT2D eigenvalue weighted by atomic mass is 16.6. The molecule has 9 nitrogen and oxygen atoms in total. The van der Waals surface area contributed by atoms with Crippen LogP contribution in [0, 0.1) is 10.1 Å². The molecule has 0 unspecified atom stereocenters. The van der Waals surface area contributed by atoms with Gasteiger partial charge in [-0.2, -0.15) is 0 Å². The minimum atomic E-state index is -1.06. The first kappa shape index (κ1) is 23.5. The Balaban J connectivity index is 1.72. The quantitative estimate of drug-likeness (QED) is 0.168. The number of ether oxygens (including phenoxy) is 2. The molecule has 176 valence electrons. The molecule has 35 heavy (non-hydrogen) atoms. The molecular formula is C26H19NO8. The first-order valence-corrected chi connectivity index (χ1v) is 10.7. The van der Waals surface area contributed by atoms with E-state index in [2.05, 4.69) is 0 Å². The number of esters is 1. The molecule has 0 saturated heterocycles. The third-order valence-electron chi connectivity index (χ3n) is 5.59. The van der Waals surface area contributed by atoms with Crippen molar-refractivity contribution in [3.63, 3.8) is 0 Å². The van der Waals surface area contributed by atoms with E-state index >= 15 is 0 Å². The molecule has 9 heteroatoms. The molecule has 0 heterocycles. The van der Waals surface area contributed by atoms with Crippen LogP contribution in [0.25, 0.3) is 0 Å². The average Bonchev–Trinajstić information content (AvgIpc) is 2.85. The van der Waals surface area contributed by atoms with E-state index in [4.69, 9.17) is 9.47 Å². The monoisotopic (exact) mass is 473 g/mol. The van der Waals surface area contributed by atoms with E-state index in [1.807, 2.05) is 0 Å². The normalized spacial score (nSPS) is 11.9. The maximum Gasteiger partial charge on any atom is 0.345 e. The van der Waals surface area contributed by atoms with Crippen LogP contribution in [0.4, 0.5) is 5.69 Å². The smallest absolute Gasteiger partial charge is 0.345 e. The van der Waals surface area contributed by atoms with Crippen molar-refractivity contribution in [2.24, 2.45) is 0 Å². The molecule has 0 atom stereocenters. The second kappa shape index (κ2) is 9.30. The Morgan fingerprint density at radius 2 is 1.63 bits per heavy atom. The Bertz CT molecular complexity index is 1420. The number of rotatable bonds is 7. The van der Waals surface area contributed by atoms with Crippen molar-refractivity contribution in [1.82, 2.24) is 0 Å². The molecule has 0 aliphatic heterocycles. The fourth-order valence-corrected chi connectivity index (χ4v) is 3.95. The topological polar surface area (TPSA) is 130 Å². The van der Waals surface area contributed by atoms with Gasteiger partial charge in [-0.25, -0.2) is 4.79 Å². The number of Topliss-reactive ketones (excluding diaryl/α,β-unsaturated/α-hetero) is 1. The SMILES string of the molecule is CCOc1ccc(C(C)=O)cc1COC(=O)c1ccc2c(c1[N+](=O)[O-])C(=O)c1ccccc1C2=O. The Kier molecular flexibility index (Phi) is 6.24. The number of benzene rings is 3. The number of fused-ring (bicyclic) bond motifs is 2. The molecular weight excluding hydrogens is 454 g/mol. The summed E-state index contributed by atoms with van der Waals surface area (Å²) in [6, 6.07) is 13.0. The lowest BCUT2D eigenvalue weighted by Gasteiger charge is -2.18. The number of nitro benzene ring substituents is 1. The van der Waals surface area contributed by atoms with Gasteiger partial charge in [0.2, 0.25) is 5.78 Å². The lowest BCUT2D eigenvalue weighted by molar-refractivity contribution is -0.385. The first-order chi connectivity index (χ1) is 16.7. The molecule has 0 saturated carbocycles. The number of carbonyl (C=O) groups is 4. The van der Waals surface area contributed by atoms with E-state index in [0.29, 0.717) is 23.5 Å².